The van der Waals surface area contributed by atoms with Crippen molar-refractivity contribution in [2.45, 2.75) is 26.9 Å². The maximum absolute atomic E-state index is 12.5. The maximum Gasteiger partial charge on any atom is 0.275 e. The third-order valence-corrected chi connectivity index (χ3v) is 5.24. The van der Waals surface area contributed by atoms with E-state index in [0.29, 0.717) is 10.7 Å². The van der Waals surface area contributed by atoms with Crippen LogP contribution in [0.2, 0.25) is 5.02 Å². The molecule has 0 unspecified atom stereocenters. The summed E-state index contributed by atoms with van der Waals surface area (Å²) in [6.45, 7) is 3.20. The fourth-order valence-electron chi connectivity index (χ4n) is 2.23. The van der Waals surface area contributed by atoms with Crippen LogP contribution in [0.5, 0.6) is 0 Å². The molecule has 26 heavy (non-hydrogen) atoms. The summed E-state index contributed by atoms with van der Waals surface area (Å²) in [7, 11) is -3.58. The van der Waals surface area contributed by atoms with Crippen molar-refractivity contribution in [3.8, 4) is 0 Å². The molecule has 1 amide bonds. The van der Waals surface area contributed by atoms with Gasteiger partial charge >= 0.3 is 0 Å². The minimum Gasteiger partial charge on any atom is -0.350 e. The highest BCUT2D eigenvalue weighted by molar-refractivity contribution is 7.92. The predicted molar refractivity (Wildman–Crippen MR) is 102 cm³/mol. The van der Waals surface area contributed by atoms with Gasteiger partial charge in [-0.1, -0.05) is 23.7 Å². The number of hydrogen-bond acceptors (Lipinski definition) is 4. The van der Waals surface area contributed by atoms with Gasteiger partial charge in [0.1, 0.15) is 12.2 Å². The first-order chi connectivity index (χ1) is 12.2. The highest BCUT2D eigenvalue weighted by Crippen LogP contribution is 2.10. The lowest BCUT2D eigenvalue weighted by Crippen LogP contribution is -2.34. The molecule has 2 aromatic rings. The SMILES string of the molecule is CCS(=O)(=O)Nc1ccc(C)n(CC(=O)NCc2cccc(Cl)c2)c1=O. The predicted octanol–water partition coefficient (Wildman–Crippen LogP) is 1.89. The molecule has 0 bridgehead atoms. The number of amides is 1. The average Bonchev–Trinajstić information content (AvgIpc) is 2.59. The first kappa shape index (κ1) is 20.0. The van der Waals surface area contributed by atoms with Crippen molar-refractivity contribution >= 4 is 33.2 Å². The lowest BCUT2D eigenvalue weighted by atomic mass is 10.2. The first-order valence-corrected chi connectivity index (χ1v) is 9.97. The Labute approximate surface area is 157 Å². The number of nitrogens with zero attached hydrogens (tertiary/aromatic N) is 1. The number of carbonyl (C=O) groups excluding carboxylic acids is 1. The van der Waals surface area contributed by atoms with Crippen LogP contribution in [-0.2, 0) is 27.9 Å². The van der Waals surface area contributed by atoms with Crippen LogP contribution in [0.3, 0.4) is 0 Å². The largest absolute Gasteiger partial charge is 0.350 e. The Bertz CT molecular complexity index is 970. The van der Waals surface area contributed by atoms with E-state index < -0.39 is 15.6 Å². The van der Waals surface area contributed by atoms with Crippen LogP contribution >= 0.6 is 11.6 Å². The number of nitrogens with one attached hydrogen (secondary N) is 2. The molecule has 0 saturated carbocycles. The van der Waals surface area contributed by atoms with Gasteiger partial charge in [0.05, 0.1) is 5.75 Å². The van der Waals surface area contributed by atoms with Crippen LogP contribution in [-0.4, -0.2) is 24.6 Å². The minimum atomic E-state index is -3.58. The summed E-state index contributed by atoms with van der Waals surface area (Å²) >= 11 is 5.90. The van der Waals surface area contributed by atoms with E-state index in [1.54, 1.807) is 31.2 Å². The van der Waals surface area contributed by atoms with Gasteiger partial charge in [-0.3, -0.25) is 14.3 Å². The highest BCUT2D eigenvalue weighted by Gasteiger charge is 2.14. The molecule has 2 N–H and O–H groups in total. The Balaban J connectivity index is 2.13. The third-order valence-electron chi connectivity index (χ3n) is 3.72. The Morgan fingerprint density at radius 2 is 1.96 bits per heavy atom. The zero-order chi connectivity index (χ0) is 19.3. The molecule has 1 aromatic heterocycles. The first-order valence-electron chi connectivity index (χ1n) is 7.94. The van der Waals surface area contributed by atoms with Crippen LogP contribution < -0.4 is 15.6 Å². The molecule has 140 valence electrons. The van der Waals surface area contributed by atoms with Crippen LogP contribution in [0.15, 0.2) is 41.2 Å². The number of benzene rings is 1. The van der Waals surface area contributed by atoms with E-state index in [-0.39, 0.29) is 30.4 Å². The molecular formula is C17H20ClN3O4S. The molecule has 2 rings (SSSR count). The van der Waals surface area contributed by atoms with Crippen LogP contribution in [0.4, 0.5) is 5.69 Å². The Morgan fingerprint density at radius 3 is 2.62 bits per heavy atom. The number of halogens is 1. The number of aromatic nitrogens is 1. The second-order valence-corrected chi connectivity index (χ2v) is 8.14. The summed E-state index contributed by atoms with van der Waals surface area (Å²) < 4.78 is 26.8. The number of sulfonamides is 1. The van der Waals surface area contributed by atoms with Crippen molar-refractivity contribution in [2.75, 3.05) is 10.5 Å². The van der Waals surface area contributed by atoms with E-state index in [9.17, 15) is 18.0 Å². The summed E-state index contributed by atoms with van der Waals surface area (Å²) in [5.74, 6) is -0.522. The monoisotopic (exact) mass is 397 g/mol. The molecule has 0 radical (unpaired) electrons. The zero-order valence-corrected chi connectivity index (χ0v) is 16.0. The topological polar surface area (TPSA) is 97.3 Å². The van der Waals surface area contributed by atoms with Gasteiger partial charge in [-0.2, -0.15) is 0 Å². The molecule has 1 heterocycles. The van der Waals surface area contributed by atoms with Crippen molar-refractivity contribution < 1.29 is 13.2 Å². The van der Waals surface area contributed by atoms with E-state index in [0.717, 1.165) is 5.56 Å². The van der Waals surface area contributed by atoms with Crippen molar-refractivity contribution in [1.82, 2.24) is 9.88 Å². The molecule has 0 saturated heterocycles. The molecule has 0 aliphatic heterocycles. The number of hydrogen-bond donors (Lipinski definition) is 2. The molecular weight excluding hydrogens is 378 g/mol. The van der Waals surface area contributed by atoms with Crippen LogP contribution in [0.1, 0.15) is 18.2 Å². The number of aryl methyl sites for hydroxylation is 1. The van der Waals surface area contributed by atoms with Crippen LogP contribution in [0.25, 0.3) is 0 Å². The summed E-state index contributed by atoms with van der Waals surface area (Å²) in [5.41, 5.74) is 0.728. The molecule has 7 nitrogen and oxygen atoms in total. The van der Waals surface area contributed by atoms with E-state index in [1.807, 2.05) is 6.07 Å². The molecule has 9 heteroatoms. The average molecular weight is 398 g/mol. The van der Waals surface area contributed by atoms with Gasteiger partial charge in [-0.25, -0.2) is 8.42 Å². The summed E-state index contributed by atoms with van der Waals surface area (Å²) in [4.78, 5) is 24.7. The molecule has 0 atom stereocenters. The zero-order valence-electron chi connectivity index (χ0n) is 14.5. The van der Waals surface area contributed by atoms with E-state index in [2.05, 4.69) is 10.0 Å². The molecule has 0 aliphatic rings. The van der Waals surface area contributed by atoms with Gasteiger partial charge in [0.15, 0.2) is 0 Å². The Kier molecular flexibility index (Phi) is 6.44. The van der Waals surface area contributed by atoms with Crippen LogP contribution in [0, 0.1) is 6.92 Å². The van der Waals surface area contributed by atoms with Crippen molar-refractivity contribution in [1.29, 1.82) is 0 Å². The maximum atomic E-state index is 12.5. The smallest absolute Gasteiger partial charge is 0.275 e. The highest BCUT2D eigenvalue weighted by atomic mass is 35.5. The fraction of sp³-hybridized carbons (Fsp3) is 0.294. The number of pyridine rings is 1. The van der Waals surface area contributed by atoms with Crippen molar-refractivity contribution in [3.05, 3.63) is 63.0 Å². The lowest BCUT2D eigenvalue weighted by Gasteiger charge is -2.13. The summed E-state index contributed by atoms with van der Waals surface area (Å²) in [6, 6.07) is 10.0. The molecule has 0 aliphatic carbocycles. The Hall–Kier alpha value is -2.32. The number of rotatable bonds is 7. The van der Waals surface area contributed by atoms with Gasteiger partial charge in [0, 0.05) is 17.3 Å². The van der Waals surface area contributed by atoms with Gasteiger partial charge < -0.3 is 9.88 Å². The lowest BCUT2D eigenvalue weighted by molar-refractivity contribution is -0.121. The second-order valence-electron chi connectivity index (χ2n) is 5.69. The third kappa shape index (κ3) is 5.34. The summed E-state index contributed by atoms with van der Waals surface area (Å²) in [5, 5.41) is 3.28. The van der Waals surface area contributed by atoms with E-state index in [1.165, 1.54) is 17.6 Å². The molecule has 0 fully saturated rings. The van der Waals surface area contributed by atoms with Gasteiger partial charge in [-0.15, -0.1) is 0 Å². The molecule has 1 aromatic carbocycles. The van der Waals surface area contributed by atoms with E-state index in [4.69, 9.17) is 11.6 Å². The fourth-order valence-corrected chi connectivity index (χ4v) is 3.08. The van der Waals surface area contributed by atoms with Gasteiger partial charge in [0.2, 0.25) is 15.9 Å². The van der Waals surface area contributed by atoms with Gasteiger partial charge in [0.25, 0.3) is 5.56 Å². The second kappa shape index (κ2) is 8.37. The summed E-state index contributed by atoms with van der Waals surface area (Å²) in [6.07, 6.45) is 0. The molecule has 0 spiro atoms. The van der Waals surface area contributed by atoms with E-state index >= 15 is 0 Å². The number of anilines is 1. The van der Waals surface area contributed by atoms with Crippen molar-refractivity contribution in [2.24, 2.45) is 0 Å². The minimum absolute atomic E-state index is 0.0832. The van der Waals surface area contributed by atoms with Crippen molar-refractivity contribution in [3.63, 3.8) is 0 Å². The standard InChI is InChI=1S/C17H20ClN3O4S/c1-3-26(24,25)20-15-8-7-12(2)21(17(15)23)11-16(22)19-10-13-5-4-6-14(18)9-13/h4-9,20H,3,10-11H2,1-2H3,(H,19,22). The number of carbonyl (C=O) groups is 1. The quantitative estimate of drug-likeness (QED) is 0.745. The normalized spacial score (nSPS) is 11.2. The van der Waals surface area contributed by atoms with Gasteiger partial charge in [-0.05, 0) is 43.7 Å². The Morgan fingerprint density at radius 1 is 1.23 bits per heavy atom.